The smallest absolute Gasteiger partial charge is 0.223 e. The number of sulfone groups is 1. The van der Waals surface area contributed by atoms with Crippen LogP contribution in [0.1, 0.15) is 26.7 Å². The first-order valence-corrected chi connectivity index (χ1v) is 10.9. The lowest BCUT2D eigenvalue weighted by Gasteiger charge is -2.27. The summed E-state index contributed by atoms with van der Waals surface area (Å²) in [6, 6.07) is 10.3. The van der Waals surface area contributed by atoms with Gasteiger partial charge in [0.2, 0.25) is 5.91 Å². The number of hydrogen-bond acceptors (Lipinski definition) is 4. The van der Waals surface area contributed by atoms with Gasteiger partial charge in [-0.1, -0.05) is 18.2 Å². The van der Waals surface area contributed by atoms with Gasteiger partial charge in [0.1, 0.15) is 0 Å². The third kappa shape index (κ3) is 5.84. The number of nitrogens with zero attached hydrogens (tertiary/aromatic N) is 1. The number of hydrogen-bond donors (Lipinski definition) is 0. The zero-order valence-electron chi connectivity index (χ0n) is 13.8. The molecule has 1 atom stereocenters. The lowest BCUT2D eigenvalue weighted by Crippen LogP contribution is -2.39. The number of thioether (sulfide) groups is 1. The second-order valence-electron chi connectivity index (χ2n) is 6.32. The van der Waals surface area contributed by atoms with Crippen LogP contribution in [0, 0.1) is 5.92 Å². The predicted octanol–water partition coefficient (Wildman–Crippen LogP) is 2.84. The lowest BCUT2D eigenvalue weighted by molar-refractivity contribution is -0.133. The second kappa shape index (κ2) is 8.20. The van der Waals surface area contributed by atoms with Gasteiger partial charge in [0, 0.05) is 29.7 Å². The summed E-state index contributed by atoms with van der Waals surface area (Å²) in [4.78, 5) is 15.6. The Labute approximate surface area is 143 Å². The SMILES string of the molecule is CC(C)N(CCSc1ccccc1)C(=O)CC1CCS(=O)(=O)C1. The van der Waals surface area contributed by atoms with Gasteiger partial charge >= 0.3 is 0 Å². The van der Waals surface area contributed by atoms with Crippen molar-refractivity contribution in [3.8, 4) is 0 Å². The van der Waals surface area contributed by atoms with Gasteiger partial charge < -0.3 is 4.90 Å². The van der Waals surface area contributed by atoms with Crippen molar-refractivity contribution >= 4 is 27.5 Å². The highest BCUT2D eigenvalue weighted by atomic mass is 32.2. The van der Waals surface area contributed by atoms with Crippen LogP contribution in [0.5, 0.6) is 0 Å². The highest BCUT2D eigenvalue weighted by Gasteiger charge is 2.31. The van der Waals surface area contributed by atoms with E-state index >= 15 is 0 Å². The van der Waals surface area contributed by atoms with E-state index in [1.54, 1.807) is 11.8 Å². The molecule has 1 aliphatic heterocycles. The maximum absolute atomic E-state index is 12.5. The van der Waals surface area contributed by atoms with Crippen LogP contribution in [0.3, 0.4) is 0 Å². The zero-order valence-corrected chi connectivity index (χ0v) is 15.4. The van der Waals surface area contributed by atoms with Gasteiger partial charge in [-0.25, -0.2) is 8.42 Å². The van der Waals surface area contributed by atoms with Crippen LogP contribution >= 0.6 is 11.8 Å². The highest BCUT2D eigenvalue weighted by Crippen LogP contribution is 2.23. The van der Waals surface area contributed by atoms with Gasteiger partial charge in [0.25, 0.3) is 0 Å². The lowest BCUT2D eigenvalue weighted by atomic mass is 10.0. The molecule has 0 aliphatic carbocycles. The van der Waals surface area contributed by atoms with Crippen LogP contribution in [-0.2, 0) is 14.6 Å². The van der Waals surface area contributed by atoms with Crippen molar-refractivity contribution < 1.29 is 13.2 Å². The summed E-state index contributed by atoms with van der Waals surface area (Å²) in [6.45, 7) is 4.71. The fraction of sp³-hybridized carbons (Fsp3) is 0.588. The van der Waals surface area contributed by atoms with Crippen molar-refractivity contribution in [3.63, 3.8) is 0 Å². The molecule has 0 spiro atoms. The summed E-state index contributed by atoms with van der Waals surface area (Å²) >= 11 is 1.74. The van der Waals surface area contributed by atoms with Gasteiger partial charge in [0.05, 0.1) is 11.5 Å². The Morgan fingerprint density at radius 2 is 2.00 bits per heavy atom. The number of carbonyl (C=O) groups is 1. The van der Waals surface area contributed by atoms with E-state index in [-0.39, 0.29) is 29.4 Å². The molecule has 2 rings (SSSR count). The second-order valence-corrected chi connectivity index (χ2v) is 9.71. The molecule has 4 nitrogen and oxygen atoms in total. The molecule has 6 heteroatoms. The summed E-state index contributed by atoms with van der Waals surface area (Å²) < 4.78 is 23.1. The first-order valence-electron chi connectivity index (χ1n) is 8.05. The van der Waals surface area contributed by atoms with E-state index in [0.717, 1.165) is 5.75 Å². The molecule has 0 saturated carbocycles. The molecular weight excluding hydrogens is 330 g/mol. The van der Waals surface area contributed by atoms with Crippen LogP contribution < -0.4 is 0 Å². The molecule has 1 saturated heterocycles. The normalized spacial score (nSPS) is 19.9. The Morgan fingerprint density at radius 3 is 2.57 bits per heavy atom. The molecule has 1 fully saturated rings. The van der Waals surface area contributed by atoms with E-state index in [4.69, 9.17) is 0 Å². The number of amides is 1. The van der Waals surface area contributed by atoms with E-state index in [1.165, 1.54) is 4.90 Å². The Hall–Kier alpha value is -1.01. The molecule has 1 unspecified atom stereocenters. The minimum atomic E-state index is -2.91. The van der Waals surface area contributed by atoms with Crippen molar-refractivity contribution in [1.29, 1.82) is 0 Å². The molecule has 0 radical (unpaired) electrons. The molecular formula is C17H25NO3S2. The predicted molar refractivity (Wildman–Crippen MR) is 95.4 cm³/mol. The average Bonchev–Trinajstić information content (AvgIpc) is 2.83. The van der Waals surface area contributed by atoms with Gasteiger partial charge in [0.15, 0.2) is 9.84 Å². The molecule has 0 N–H and O–H groups in total. The van der Waals surface area contributed by atoms with E-state index < -0.39 is 9.84 Å². The summed E-state index contributed by atoms with van der Waals surface area (Å²) in [5.74, 6) is 1.32. The minimum absolute atomic E-state index is 0.00414. The quantitative estimate of drug-likeness (QED) is 0.706. The van der Waals surface area contributed by atoms with Gasteiger partial charge in [-0.15, -0.1) is 11.8 Å². The first-order chi connectivity index (χ1) is 10.9. The maximum Gasteiger partial charge on any atom is 0.223 e. The molecule has 1 aromatic rings. The number of rotatable bonds is 7. The monoisotopic (exact) mass is 355 g/mol. The summed E-state index contributed by atoms with van der Waals surface area (Å²) in [6.07, 6.45) is 0.978. The molecule has 23 heavy (non-hydrogen) atoms. The maximum atomic E-state index is 12.5. The van der Waals surface area contributed by atoms with Crippen molar-refractivity contribution in [3.05, 3.63) is 30.3 Å². The van der Waals surface area contributed by atoms with Gasteiger partial charge in [-0.3, -0.25) is 4.79 Å². The molecule has 1 amide bonds. The third-order valence-corrected chi connectivity index (χ3v) is 6.91. The minimum Gasteiger partial charge on any atom is -0.339 e. The van der Waals surface area contributed by atoms with Crippen molar-refractivity contribution in [1.82, 2.24) is 4.90 Å². The van der Waals surface area contributed by atoms with Crippen molar-refractivity contribution in [2.24, 2.45) is 5.92 Å². The Kier molecular flexibility index (Phi) is 6.53. The first kappa shape index (κ1) is 18.3. The third-order valence-electron chi connectivity index (χ3n) is 4.08. The molecule has 0 aromatic heterocycles. The number of carbonyl (C=O) groups excluding carboxylic acids is 1. The summed E-state index contributed by atoms with van der Waals surface area (Å²) in [7, 11) is -2.91. The van der Waals surface area contributed by atoms with Crippen LogP contribution in [0.15, 0.2) is 35.2 Å². The standard InChI is InChI=1S/C17H25NO3S2/c1-14(2)18(9-10-22-16-6-4-3-5-7-16)17(19)12-15-8-11-23(20,21)13-15/h3-7,14-15H,8-13H2,1-2H3. The largest absolute Gasteiger partial charge is 0.339 e. The number of benzene rings is 1. The van der Waals surface area contributed by atoms with Crippen LogP contribution in [0.2, 0.25) is 0 Å². The molecule has 128 valence electrons. The Balaban J connectivity index is 1.84. The van der Waals surface area contributed by atoms with Crippen molar-refractivity contribution in [2.45, 2.75) is 37.6 Å². The molecule has 1 aromatic carbocycles. The Morgan fingerprint density at radius 1 is 1.30 bits per heavy atom. The van der Waals surface area contributed by atoms with Crippen molar-refractivity contribution in [2.75, 3.05) is 23.8 Å². The van der Waals surface area contributed by atoms with E-state index in [9.17, 15) is 13.2 Å². The topological polar surface area (TPSA) is 54.5 Å². The molecule has 1 aliphatic rings. The molecule has 0 bridgehead atoms. The Bertz CT molecular complexity index is 614. The fourth-order valence-electron chi connectivity index (χ4n) is 2.85. The fourth-order valence-corrected chi connectivity index (χ4v) is 5.58. The highest BCUT2D eigenvalue weighted by molar-refractivity contribution is 7.99. The van der Waals surface area contributed by atoms with Gasteiger partial charge in [-0.05, 0) is 38.3 Å². The average molecular weight is 356 g/mol. The summed E-state index contributed by atoms with van der Waals surface area (Å²) in [5.41, 5.74) is 0. The van der Waals surface area contributed by atoms with E-state index in [2.05, 4.69) is 12.1 Å². The van der Waals surface area contributed by atoms with Crippen LogP contribution in [0.4, 0.5) is 0 Å². The van der Waals surface area contributed by atoms with Crippen LogP contribution in [-0.4, -0.2) is 49.1 Å². The van der Waals surface area contributed by atoms with Gasteiger partial charge in [-0.2, -0.15) is 0 Å². The zero-order chi connectivity index (χ0) is 16.9. The van der Waals surface area contributed by atoms with E-state index in [1.807, 2.05) is 36.9 Å². The molecule has 1 heterocycles. The van der Waals surface area contributed by atoms with Crippen LogP contribution in [0.25, 0.3) is 0 Å². The summed E-state index contributed by atoms with van der Waals surface area (Å²) in [5, 5.41) is 0. The van der Waals surface area contributed by atoms with E-state index in [0.29, 0.717) is 19.4 Å².